The first-order valence-electron chi connectivity index (χ1n) is 10.4. The third-order valence-electron chi connectivity index (χ3n) is 5.72. The third-order valence-corrected chi connectivity index (χ3v) is 5.72. The average molecular weight is 431 g/mol. The smallest absolute Gasteiger partial charge is 0.335 e. The molecule has 2 aromatic heterocycles. The highest BCUT2D eigenvalue weighted by Crippen LogP contribution is 2.26. The SMILES string of the molecule is COc1c(C)cnc(CNCC(c2ccccc2)n2cnc3cc(C(=O)O)ccc32)c1C. The van der Waals surface area contributed by atoms with Crippen molar-refractivity contribution in [1.29, 1.82) is 0 Å². The summed E-state index contributed by atoms with van der Waals surface area (Å²) in [5.41, 5.74) is 5.90. The minimum atomic E-state index is -0.959. The number of carboxylic acids is 1. The van der Waals surface area contributed by atoms with Gasteiger partial charge in [0.2, 0.25) is 0 Å². The molecule has 7 nitrogen and oxygen atoms in total. The number of methoxy groups -OCH3 is 1. The van der Waals surface area contributed by atoms with Gasteiger partial charge in [-0.3, -0.25) is 4.98 Å². The number of pyridine rings is 1. The zero-order valence-corrected chi connectivity index (χ0v) is 18.4. The van der Waals surface area contributed by atoms with Gasteiger partial charge in [0.1, 0.15) is 5.75 Å². The molecule has 0 amide bonds. The predicted octanol–water partition coefficient (Wildman–Crippen LogP) is 4.13. The van der Waals surface area contributed by atoms with Crippen LogP contribution in [-0.2, 0) is 6.54 Å². The number of fused-ring (bicyclic) bond motifs is 1. The van der Waals surface area contributed by atoms with Gasteiger partial charge in [0.15, 0.2) is 0 Å². The maximum absolute atomic E-state index is 11.3. The first kappa shape index (κ1) is 21.5. The number of carboxylic acid groups (broad SMARTS) is 1. The van der Waals surface area contributed by atoms with Crippen LogP contribution >= 0.6 is 0 Å². The summed E-state index contributed by atoms with van der Waals surface area (Å²) in [5.74, 6) is -0.0923. The highest BCUT2D eigenvalue weighted by atomic mass is 16.5. The molecule has 32 heavy (non-hydrogen) atoms. The Balaban J connectivity index is 1.62. The first-order valence-corrected chi connectivity index (χ1v) is 10.4. The van der Waals surface area contributed by atoms with Crippen molar-refractivity contribution < 1.29 is 14.6 Å². The van der Waals surface area contributed by atoms with Gasteiger partial charge in [0.05, 0.1) is 41.8 Å². The third kappa shape index (κ3) is 4.20. The summed E-state index contributed by atoms with van der Waals surface area (Å²) in [7, 11) is 1.68. The molecular weight excluding hydrogens is 404 g/mol. The van der Waals surface area contributed by atoms with Crippen LogP contribution < -0.4 is 10.1 Å². The van der Waals surface area contributed by atoms with Crippen LogP contribution in [0.2, 0.25) is 0 Å². The van der Waals surface area contributed by atoms with Crippen molar-refractivity contribution in [2.45, 2.75) is 26.4 Å². The number of aryl methyl sites for hydroxylation is 1. The van der Waals surface area contributed by atoms with Crippen molar-refractivity contribution in [2.75, 3.05) is 13.7 Å². The number of imidazole rings is 1. The standard InChI is InChI=1S/C25H26N4O3/c1-16-12-27-21(17(2)24(16)32-3)13-26-14-23(18-7-5-4-6-8-18)29-15-28-20-11-19(25(30)31)9-10-22(20)29/h4-12,15,23,26H,13-14H2,1-3H3,(H,30,31). The number of aromatic nitrogens is 3. The number of rotatable bonds is 8. The van der Waals surface area contributed by atoms with Crippen LogP contribution in [0.5, 0.6) is 5.75 Å². The lowest BCUT2D eigenvalue weighted by Gasteiger charge is -2.21. The van der Waals surface area contributed by atoms with E-state index in [0.717, 1.165) is 33.7 Å². The van der Waals surface area contributed by atoms with E-state index in [4.69, 9.17) is 4.74 Å². The summed E-state index contributed by atoms with van der Waals surface area (Å²) in [6.45, 7) is 5.25. The van der Waals surface area contributed by atoms with Crippen molar-refractivity contribution in [3.8, 4) is 5.75 Å². The van der Waals surface area contributed by atoms with E-state index < -0.39 is 5.97 Å². The lowest BCUT2D eigenvalue weighted by atomic mass is 10.1. The number of nitrogens with zero attached hydrogens (tertiary/aromatic N) is 3. The summed E-state index contributed by atoms with van der Waals surface area (Å²) in [5, 5.41) is 12.8. The predicted molar refractivity (Wildman–Crippen MR) is 123 cm³/mol. The lowest BCUT2D eigenvalue weighted by Crippen LogP contribution is -2.26. The minimum absolute atomic E-state index is 0.0236. The van der Waals surface area contributed by atoms with Crippen LogP contribution in [0.1, 0.15) is 38.8 Å². The maximum atomic E-state index is 11.3. The number of aromatic carboxylic acids is 1. The number of nitrogens with one attached hydrogen (secondary N) is 1. The van der Waals surface area contributed by atoms with Crippen molar-refractivity contribution >= 4 is 17.0 Å². The summed E-state index contributed by atoms with van der Waals surface area (Å²) >= 11 is 0. The van der Waals surface area contributed by atoms with Crippen molar-refractivity contribution in [3.63, 3.8) is 0 Å². The summed E-state index contributed by atoms with van der Waals surface area (Å²) in [4.78, 5) is 20.4. The van der Waals surface area contributed by atoms with Crippen LogP contribution in [0, 0.1) is 13.8 Å². The summed E-state index contributed by atoms with van der Waals surface area (Å²) < 4.78 is 7.61. The second kappa shape index (κ2) is 9.20. The molecule has 0 fully saturated rings. The molecule has 0 aliphatic rings. The number of hydrogen-bond donors (Lipinski definition) is 2. The van der Waals surface area contributed by atoms with Crippen LogP contribution in [-0.4, -0.2) is 39.3 Å². The molecule has 0 spiro atoms. The Bertz CT molecular complexity index is 1250. The molecule has 2 heterocycles. The molecule has 7 heteroatoms. The zero-order valence-electron chi connectivity index (χ0n) is 18.4. The second-order valence-corrected chi connectivity index (χ2v) is 7.76. The molecule has 1 atom stereocenters. The molecule has 0 bridgehead atoms. The number of carbonyl (C=O) groups is 1. The number of ether oxygens (including phenoxy) is 1. The fourth-order valence-electron chi connectivity index (χ4n) is 4.04. The molecule has 2 N–H and O–H groups in total. The molecule has 1 unspecified atom stereocenters. The topological polar surface area (TPSA) is 89.3 Å². The molecule has 4 rings (SSSR count). The Morgan fingerprint density at radius 1 is 1.16 bits per heavy atom. The fraction of sp³-hybridized carbons (Fsp3) is 0.240. The molecule has 2 aromatic carbocycles. The van der Waals surface area contributed by atoms with Crippen LogP contribution in [0.15, 0.2) is 61.1 Å². The van der Waals surface area contributed by atoms with Gasteiger partial charge in [0, 0.05) is 30.4 Å². The molecule has 0 aliphatic heterocycles. The van der Waals surface area contributed by atoms with Gasteiger partial charge in [-0.25, -0.2) is 9.78 Å². The van der Waals surface area contributed by atoms with Gasteiger partial charge in [-0.1, -0.05) is 30.3 Å². The lowest BCUT2D eigenvalue weighted by molar-refractivity contribution is 0.0697. The largest absolute Gasteiger partial charge is 0.496 e. The molecule has 0 saturated heterocycles. The van der Waals surface area contributed by atoms with E-state index in [1.807, 2.05) is 44.3 Å². The molecule has 0 aliphatic carbocycles. The number of hydrogen-bond acceptors (Lipinski definition) is 5. The molecule has 164 valence electrons. The quantitative estimate of drug-likeness (QED) is 0.437. The van der Waals surface area contributed by atoms with E-state index in [9.17, 15) is 9.90 Å². The van der Waals surface area contributed by atoms with E-state index in [2.05, 4.69) is 32.0 Å². The van der Waals surface area contributed by atoms with Gasteiger partial charge < -0.3 is 19.7 Å². The normalized spacial score (nSPS) is 12.1. The molecule has 0 radical (unpaired) electrons. The molecular formula is C25H26N4O3. The monoisotopic (exact) mass is 430 g/mol. The Morgan fingerprint density at radius 3 is 2.66 bits per heavy atom. The second-order valence-electron chi connectivity index (χ2n) is 7.76. The zero-order chi connectivity index (χ0) is 22.7. The summed E-state index contributed by atoms with van der Waals surface area (Å²) in [6.07, 6.45) is 3.61. The van der Waals surface area contributed by atoms with Crippen molar-refractivity contribution in [1.82, 2.24) is 19.9 Å². The van der Waals surface area contributed by atoms with Gasteiger partial charge in [-0.2, -0.15) is 0 Å². The van der Waals surface area contributed by atoms with Crippen LogP contribution in [0.3, 0.4) is 0 Å². The maximum Gasteiger partial charge on any atom is 0.335 e. The van der Waals surface area contributed by atoms with Crippen LogP contribution in [0.25, 0.3) is 11.0 Å². The van der Waals surface area contributed by atoms with Gasteiger partial charge in [0.25, 0.3) is 0 Å². The van der Waals surface area contributed by atoms with E-state index in [-0.39, 0.29) is 11.6 Å². The highest BCUT2D eigenvalue weighted by Gasteiger charge is 2.18. The van der Waals surface area contributed by atoms with E-state index >= 15 is 0 Å². The van der Waals surface area contributed by atoms with Gasteiger partial charge >= 0.3 is 5.97 Å². The summed E-state index contributed by atoms with van der Waals surface area (Å²) in [6, 6.07) is 15.2. The van der Waals surface area contributed by atoms with E-state index in [0.29, 0.717) is 18.6 Å². The Labute approximate surface area is 186 Å². The van der Waals surface area contributed by atoms with Crippen molar-refractivity contribution in [3.05, 3.63) is 89.0 Å². The van der Waals surface area contributed by atoms with E-state index in [1.165, 1.54) is 0 Å². The molecule has 0 saturated carbocycles. The fourth-order valence-corrected chi connectivity index (χ4v) is 4.04. The Kier molecular flexibility index (Phi) is 6.18. The van der Waals surface area contributed by atoms with Gasteiger partial charge in [-0.15, -0.1) is 0 Å². The van der Waals surface area contributed by atoms with Crippen LogP contribution in [0.4, 0.5) is 0 Å². The highest BCUT2D eigenvalue weighted by molar-refractivity contribution is 5.92. The average Bonchev–Trinajstić information content (AvgIpc) is 3.22. The molecule has 4 aromatic rings. The first-order chi connectivity index (χ1) is 15.5. The van der Waals surface area contributed by atoms with Gasteiger partial charge in [-0.05, 0) is 37.6 Å². The number of benzene rings is 2. The van der Waals surface area contributed by atoms with E-state index in [1.54, 1.807) is 25.6 Å². The van der Waals surface area contributed by atoms with Crippen molar-refractivity contribution in [2.24, 2.45) is 0 Å². The Hall–Kier alpha value is -3.71. The Morgan fingerprint density at radius 2 is 1.94 bits per heavy atom. The minimum Gasteiger partial charge on any atom is -0.496 e.